The molecule has 0 spiro atoms. The molecule has 2 aromatic carbocycles. The second-order valence-corrected chi connectivity index (χ2v) is 10.9. The standard InChI is InChI=1S/C19H19ClN4O3S3/c1-13-8-9-15(20)10-16(13)24(30(2,26)27)11-17(25)21-18-22-23-19(29-18)28-12-14-6-4-3-5-7-14/h3-10H,11-12H2,1-2H3,(H,21,22,25). The average Bonchev–Trinajstić information content (AvgIpc) is 3.14. The van der Waals surface area contributed by atoms with Gasteiger partial charge >= 0.3 is 0 Å². The van der Waals surface area contributed by atoms with Gasteiger partial charge in [0.15, 0.2) is 4.34 Å². The maximum atomic E-state index is 12.5. The summed E-state index contributed by atoms with van der Waals surface area (Å²) in [5.41, 5.74) is 2.20. The summed E-state index contributed by atoms with van der Waals surface area (Å²) in [6.07, 6.45) is 1.05. The number of carbonyl (C=O) groups is 1. The first kappa shape index (κ1) is 22.5. The number of aryl methyl sites for hydroxylation is 1. The van der Waals surface area contributed by atoms with Crippen molar-refractivity contribution >= 4 is 61.4 Å². The predicted octanol–water partition coefficient (Wildman–Crippen LogP) is 4.20. The van der Waals surface area contributed by atoms with Crippen LogP contribution in [0.1, 0.15) is 11.1 Å². The molecule has 1 aromatic heterocycles. The molecule has 0 aliphatic heterocycles. The number of hydrogen-bond acceptors (Lipinski definition) is 7. The lowest BCUT2D eigenvalue weighted by Crippen LogP contribution is -2.37. The van der Waals surface area contributed by atoms with E-state index in [1.165, 1.54) is 29.2 Å². The molecule has 3 rings (SSSR count). The Morgan fingerprint density at radius 3 is 2.63 bits per heavy atom. The van der Waals surface area contributed by atoms with Crippen molar-refractivity contribution in [3.63, 3.8) is 0 Å². The molecule has 11 heteroatoms. The number of rotatable bonds is 8. The molecule has 0 bridgehead atoms. The van der Waals surface area contributed by atoms with Crippen LogP contribution in [0.15, 0.2) is 52.9 Å². The summed E-state index contributed by atoms with van der Waals surface area (Å²) in [6, 6.07) is 14.8. The molecule has 7 nitrogen and oxygen atoms in total. The second-order valence-electron chi connectivity index (χ2n) is 6.40. The van der Waals surface area contributed by atoms with E-state index < -0.39 is 22.5 Å². The van der Waals surface area contributed by atoms with Gasteiger partial charge in [-0.25, -0.2) is 8.42 Å². The molecular weight excluding hydrogens is 464 g/mol. The van der Waals surface area contributed by atoms with Crippen molar-refractivity contribution in [2.24, 2.45) is 0 Å². The number of anilines is 2. The van der Waals surface area contributed by atoms with E-state index in [2.05, 4.69) is 15.5 Å². The minimum absolute atomic E-state index is 0.312. The zero-order chi connectivity index (χ0) is 21.7. The lowest BCUT2D eigenvalue weighted by molar-refractivity contribution is -0.114. The van der Waals surface area contributed by atoms with E-state index in [4.69, 9.17) is 11.6 Å². The number of sulfonamides is 1. The van der Waals surface area contributed by atoms with E-state index in [-0.39, 0.29) is 0 Å². The molecule has 1 heterocycles. The first-order valence-corrected chi connectivity index (χ1v) is 12.8. The van der Waals surface area contributed by atoms with E-state index >= 15 is 0 Å². The van der Waals surface area contributed by atoms with Crippen LogP contribution in [0, 0.1) is 6.92 Å². The summed E-state index contributed by atoms with van der Waals surface area (Å²) in [4.78, 5) is 12.5. The quantitative estimate of drug-likeness (QED) is 0.382. The third kappa shape index (κ3) is 6.18. The van der Waals surface area contributed by atoms with Crippen molar-refractivity contribution in [1.29, 1.82) is 0 Å². The number of benzene rings is 2. The molecule has 158 valence electrons. The number of carbonyl (C=O) groups excluding carboxylic acids is 1. The summed E-state index contributed by atoms with van der Waals surface area (Å²) in [5.74, 6) is 0.217. The van der Waals surface area contributed by atoms with Gasteiger partial charge in [-0.15, -0.1) is 10.2 Å². The summed E-state index contributed by atoms with van der Waals surface area (Å²) in [5, 5.41) is 11.3. The fourth-order valence-electron chi connectivity index (χ4n) is 2.56. The van der Waals surface area contributed by atoms with Crippen LogP contribution < -0.4 is 9.62 Å². The van der Waals surface area contributed by atoms with Crippen molar-refractivity contribution in [2.45, 2.75) is 17.0 Å². The maximum absolute atomic E-state index is 12.5. The summed E-state index contributed by atoms with van der Waals surface area (Å²) >= 11 is 8.76. The molecule has 0 atom stereocenters. The van der Waals surface area contributed by atoms with E-state index in [1.54, 1.807) is 19.1 Å². The van der Waals surface area contributed by atoms with Crippen molar-refractivity contribution in [3.05, 3.63) is 64.7 Å². The van der Waals surface area contributed by atoms with Gasteiger partial charge in [-0.05, 0) is 30.2 Å². The predicted molar refractivity (Wildman–Crippen MR) is 123 cm³/mol. The van der Waals surface area contributed by atoms with Crippen LogP contribution in [0.3, 0.4) is 0 Å². The van der Waals surface area contributed by atoms with Crippen molar-refractivity contribution in [2.75, 3.05) is 22.4 Å². The smallest absolute Gasteiger partial charge is 0.246 e. The third-order valence-corrected chi connectivity index (χ3v) is 7.39. The van der Waals surface area contributed by atoms with Gasteiger partial charge in [0.25, 0.3) is 0 Å². The minimum atomic E-state index is -3.70. The van der Waals surface area contributed by atoms with Crippen molar-refractivity contribution in [1.82, 2.24) is 10.2 Å². The van der Waals surface area contributed by atoms with Crippen LogP contribution in [-0.4, -0.2) is 37.3 Å². The normalized spacial score (nSPS) is 11.3. The van der Waals surface area contributed by atoms with E-state index in [0.717, 1.165) is 21.9 Å². The molecule has 0 aliphatic carbocycles. The molecule has 0 saturated carbocycles. The second kappa shape index (κ2) is 9.78. The molecule has 3 aromatic rings. The fraction of sp³-hybridized carbons (Fsp3) is 0.211. The first-order valence-electron chi connectivity index (χ1n) is 8.76. The van der Waals surface area contributed by atoms with Gasteiger partial charge in [-0.3, -0.25) is 14.4 Å². The highest BCUT2D eigenvalue weighted by molar-refractivity contribution is 8.00. The van der Waals surface area contributed by atoms with E-state index in [9.17, 15) is 13.2 Å². The molecule has 0 saturated heterocycles. The highest BCUT2D eigenvalue weighted by Gasteiger charge is 2.23. The number of hydrogen-bond donors (Lipinski definition) is 1. The largest absolute Gasteiger partial charge is 0.299 e. The Labute approximate surface area is 188 Å². The molecule has 30 heavy (non-hydrogen) atoms. The van der Waals surface area contributed by atoms with Gasteiger partial charge in [0, 0.05) is 10.8 Å². The fourth-order valence-corrected chi connectivity index (χ4v) is 5.36. The van der Waals surface area contributed by atoms with Gasteiger partial charge in [0.1, 0.15) is 6.54 Å². The Morgan fingerprint density at radius 1 is 1.20 bits per heavy atom. The minimum Gasteiger partial charge on any atom is -0.299 e. The first-order chi connectivity index (χ1) is 14.2. The molecule has 1 amide bonds. The van der Waals surface area contributed by atoms with E-state index in [0.29, 0.717) is 25.7 Å². The Kier molecular flexibility index (Phi) is 7.35. The SMILES string of the molecule is Cc1ccc(Cl)cc1N(CC(=O)Nc1nnc(SCc2ccccc2)s1)S(C)(=O)=O. The molecule has 0 aliphatic rings. The van der Waals surface area contributed by atoms with Crippen LogP contribution in [-0.2, 0) is 20.6 Å². The number of aromatic nitrogens is 2. The van der Waals surface area contributed by atoms with Crippen LogP contribution in [0.25, 0.3) is 0 Å². The molecule has 0 radical (unpaired) electrons. The molecule has 0 fully saturated rings. The van der Waals surface area contributed by atoms with Crippen LogP contribution in [0.2, 0.25) is 5.02 Å². The Balaban J connectivity index is 1.66. The van der Waals surface area contributed by atoms with Gasteiger partial charge in [-0.1, -0.05) is 71.1 Å². The molecular formula is C19H19ClN4O3S3. The maximum Gasteiger partial charge on any atom is 0.246 e. The number of thioether (sulfide) groups is 1. The zero-order valence-corrected chi connectivity index (χ0v) is 19.4. The van der Waals surface area contributed by atoms with Gasteiger partial charge in [0.05, 0.1) is 11.9 Å². The summed E-state index contributed by atoms with van der Waals surface area (Å²) in [6.45, 7) is 1.36. The third-order valence-electron chi connectivity index (χ3n) is 3.99. The van der Waals surface area contributed by atoms with E-state index in [1.807, 2.05) is 30.3 Å². The topological polar surface area (TPSA) is 92.3 Å². The Bertz CT molecular complexity index is 1140. The monoisotopic (exact) mass is 482 g/mol. The Morgan fingerprint density at radius 2 is 1.93 bits per heavy atom. The number of amides is 1. The van der Waals surface area contributed by atoms with Gasteiger partial charge in [0.2, 0.25) is 21.1 Å². The highest BCUT2D eigenvalue weighted by Crippen LogP contribution is 2.29. The zero-order valence-electron chi connectivity index (χ0n) is 16.2. The Hall–Kier alpha value is -2.14. The van der Waals surface area contributed by atoms with Gasteiger partial charge in [-0.2, -0.15) is 0 Å². The average molecular weight is 483 g/mol. The van der Waals surface area contributed by atoms with Gasteiger partial charge < -0.3 is 0 Å². The summed E-state index contributed by atoms with van der Waals surface area (Å²) < 4.78 is 26.3. The lowest BCUT2D eigenvalue weighted by atomic mass is 10.2. The highest BCUT2D eigenvalue weighted by atomic mass is 35.5. The number of halogens is 1. The number of nitrogens with zero attached hydrogens (tertiary/aromatic N) is 3. The molecule has 0 unspecified atom stereocenters. The van der Waals surface area contributed by atoms with Crippen LogP contribution >= 0.6 is 34.7 Å². The molecule has 1 N–H and O–H groups in total. The van der Waals surface area contributed by atoms with Crippen molar-refractivity contribution < 1.29 is 13.2 Å². The number of nitrogens with one attached hydrogen (secondary N) is 1. The van der Waals surface area contributed by atoms with Crippen LogP contribution in [0.5, 0.6) is 0 Å². The lowest BCUT2D eigenvalue weighted by Gasteiger charge is -2.23. The summed E-state index contributed by atoms with van der Waals surface area (Å²) in [7, 11) is -3.70. The van der Waals surface area contributed by atoms with Crippen molar-refractivity contribution in [3.8, 4) is 0 Å². The van der Waals surface area contributed by atoms with Crippen LogP contribution in [0.4, 0.5) is 10.8 Å².